The molecule has 0 saturated carbocycles. The van der Waals surface area contributed by atoms with E-state index in [4.69, 9.17) is 19.3 Å². The Morgan fingerprint density at radius 1 is 1.21 bits per heavy atom. The van der Waals surface area contributed by atoms with Gasteiger partial charge in [0.05, 0.1) is 23.5 Å². The molecule has 2 aromatic rings. The van der Waals surface area contributed by atoms with E-state index in [1.807, 2.05) is 29.5 Å². The van der Waals surface area contributed by atoms with E-state index in [0.717, 1.165) is 0 Å². The number of methoxy groups -OCH3 is 1. The van der Waals surface area contributed by atoms with Crippen molar-refractivity contribution >= 4 is 40.7 Å². The van der Waals surface area contributed by atoms with Gasteiger partial charge in [-0.2, -0.15) is 5.10 Å². The SMILES string of the molecule is CCOc1cc(/C=N\NC(=O)c2ccc(OC)cc2)cc(I)c1OCC(=O)O. The minimum Gasteiger partial charge on any atom is -0.497 e. The maximum Gasteiger partial charge on any atom is 0.341 e. The van der Waals surface area contributed by atoms with Crippen LogP contribution in [0.2, 0.25) is 0 Å². The van der Waals surface area contributed by atoms with E-state index in [0.29, 0.717) is 38.6 Å². The molecule has 0 bridgehead atoms. The molecule has 0 aromatic heterocycles. The lowest BCUT2D eigenvalue weighted by atomic mass is 10.2. The quantitative estimate of drug-likeness (QED) is 0.313. The third-order valence-electron chi connectivity index (χ3n) is 3.40. The Morgan fingerprint density at radius 2 is 1.93 bits per heavy atom. The second-order valence-electron chi connectivity index (χ2n) is 5.37. The maximum atomic E-state index is 12.1. The Bertz CT molecular complexity index is 867. The van der Waals surface area contributed by atoms with Gasteiger partial charge in [-0.15, -0.1) is 0 Å². The summed E-state index contributed by atoms with van der Waals surface area (Å²) in [4.78, 5) is 22.8. The van der Waals surface area contributed by atoms with Gasteiger partial charge in [-0.3, -0.25) is 4.79 Å². The second-order valence-corrected chi connectivity index (χ2v) is 6.54. The lowest BCUT2D eigenvalue weighted by Crippen LogP contribution is -2.17. The molecule has 0 atom stereocenters. The van der Waals surface area contributed by atoms with Crippen LogP contribution in [0.1, 0.15) is 22.8 Å². The first kappa shape index (κ1) is 21.5. The number of ether oxygens (including phenoxy) is 3. The summed E-state index contributed by atoms with van der Waals surface area (Å²) in [5.41, 5.74) is 3.55. The molecule has 2 aromatic carbocycles. The first-order valence-electron chi connectivity index (χ1n) is 8.23. The lowest BCUT2D eigenvalue weighted by molar-refractivity contribution is -0.139. The Morgan fingerprint density at radius 3 is 2.54 bits per heavy atom. The molecule has 0 saturated heterocycles. The number of hydrogen-bond donors (Lipinski definition) is 2. The zero-order valence-electron chi connectivity index (χ0n) is 15.3. The van der Waals surface area contributed by atoms with Gasteiger partial charge in [0.25, 0.3) is 5.91 Å². The number of nitrogens with one attached hydrogen (secondary N) is 1. The molecule has 0 unspecified atom stereocenters. The zero-order chi connectivity index (χ0) is 20.5. The molecule has 0 aliphatic carbocycles. The summed E-state index contributed by atoms with van der Waals surface area (Å²) in [5, 5.41) is 12.8. The highest BCUT2D eigenvalue weighted by atomic mass is 127. The van der Waals surface area contributed by atoms with Gasteiger partial charge in [-0.25, -0.2) is 10.2 Å². The van der Waals surface area contributed by atoms with Crippen LogP contribution in [-0.4, -0.2) is 43.5 Å². The molecule has 1 amide bonds. The van der Waals surface area contributed by atoms with Gasteiger partial charge in [0, 0.05) is 5.56 Å². The highest BCUT2D eigenvalue weighted by Crippen LogP contribution is 2.33. The standard InChI is InChI=1S/C19H19IN2O6/c1-3-27-16-9-12(8-15(20)18(16)28-11-17(23)24)10-21-22-19(25)13-4-6-14(26-2)7-5-13/h4-10H,3,11H2,1-2H3,(H,22,25)(H,23,24)/b21-10-. The average molecular weight is 498 g/mol. The number of benzene rings is 2. The predicted molar refractivity (Wildman–Crippen MR) is 112 cm³/mol. The van der Waals surface area contributed by atoms with Crippen molar-refractivity contribution in [3.05, 3.63) is 51.1 Å². The number of amides is 1. The molecular formula is C19H19IN2O6. The Kier molecular flexibility index (Phi) is 8.05. The third-order valence-corrected chi connectivity index (χ3v) is 4.20. The van der Waals surface area contributed by atoms with Gasteiger partial charge in [-0.05, 0) is 71.5 Å². The van der Waals surface area contributed by atoms with Crippen molar-refractivity contribution in [3.8, 4) is 17.2 Å². The molecule has 9 heteroatoms. The number of nitrogens with zero attached hydrogens (tertiary/aromatic N) is 1. The monoisotopic (exact) mass is 498 g/mol. The molecule has 0 aliphatic heterocycles. The first-order chi connectivity index (χ1) is 13.4. The second kappa shape index (κ2) is 10.5. The largest absolute Gasteiger partial charge is 0.497 e. The van der Waals surface area contributed by atoms with E-state index >= 15 is 0 Å². The van der Waals surface area contributed by atoms with Crippen LogP contribution in [-0.2, 0) is 4.79 Å². The van der Waals surface area contributed by atoms with Crippen LogP contribution in [0.5, 0.6) is 17.2 Å². The fourth-order valence-corrected chi connectivity index (χ4v) is 2.95. The third kappa shape index (κ3) is 6.12. The van der Waals surface area contributed by atoms with Crippen LogP contribution < -0.4 is 19.6 Å². The number of halogens is 1. The van der Waals surface area contributed by atoms with Gasteiger partial charge in [0.1, 0.15) is 5.75 Å². The molecule has 0 fully saturated rings. The summed E-state index contributed by atoms with van der Waals surface area (Å²) in [5.74, 6) is -0.0312. The number of hydrogen-bond acceptors (Lipinski definition) is 6. The van der Waals surface area contributed by atoms with E-state index in [1.54, 1.807) is 43.5 Å². The molecule has 8 nitrogen and oxygen atoms in total. The summed E-state index contributed by atoms with van der Waals surface area (Å²) >= 11 is 2.02. The number of carbonyl (C=O) groups is 2. The van der Waals surface area contributed by atoms with Crippen LogP contribution in [0.25, 0.3) is 0 Å². The number of rotatable bonds is 9. The van der Waals surface area contributed by atoms with E-state index < -0.39 is 12.6 Å². The molecule has 2 N–H and O–H groups in total. The number of carboxylic acids is 1. The van der Waals surface area contributed by atoms with E-state index in [9.17, 15) is 9.59 Å². The van der Waals surface area contributed by atoms with E-state index in [2.05, 4.69) is 10.5 Å². The average Bonchev–Trinajstić information content (AvgIpc) is 2.67. The molecule has 0 spiro atoms. The summed E-state index contributed by atoms with van der Waals surface area (Å²) in [6.45, 7) is 1.72. The molecule has 28 heavy (non-hydrogen) atoms. The molecule has 0 heterocycles. The minimum atomic E-state index is -1.08. The molecule has 148 valence electrons. The van der Waals surface area contributed by atoms with Crippen molar-refractivity contribution in [2.75, 3.05) is 20.3 Å². The summed E-state index contributed by atoms with van der Waals surface area (Å²) in [6, 6.07) is 10.0. The van der Waals surface area contributed by atoms with Gasteiger partial charge in [0.2, 0.25) is 0 Å². The first-order valence-corrected chi connectivity index (χ1v) is 9.30. The summed E-state index contributed by atoms with van der Waals surface area (Å²) in [7, 11) is 1.55. The van der Waals surface area contributed by atoms with Crippen molar-refractivity contribution in [1.82, 2.24) is 5.43 Å². The molecule has 2 rings (SSSR count). The summed E-state index contributed by atoms with van der Waals surface area (Å²) < 4.78 is 16.5. The van der Waals surface area contributed by atoms with Crippen LogP contribution in [0, 0.1) is 3.57 Å². The lowest BCUT2D eigenvalue weighted by Gasteiger charge is -2.13. The van der Waals surface area contributed by atoms with Crippen molar-refractivity contribution < 1.29 is 28.9 Å². The fraction of sp³-hybridized carbons (Fsp3) is 0.211. The number of carboxylic acid groups (broad SMARTS) is 1. The summed E-state index contributed by atoms with van der Waals surface area (Å²) in [6.07, 6.45) is 1.47. The van der Waals surface area contributed by atoms with Crippen molar-refractivity contribution in [2.24, 2.45) is 5.10 Å². The van der Waals surface area contributed by atoms with Crippen molar-refractivity contribution in [2.45, 2.75) is 6.92 Å². The zero-order valence-corrected chi connectivity index (χ0v) is 17.4. The van der Waals surface area contributed by atoms with Gasteiger partial charge >= 0.3 is 5.97 Å². The smallest absolute Gasteiger partial charge is 0.341 e. The predicted octanol–water partition coefficient (Wildman–Crippen LogP) is 2.93. The topological polar surface area (TPSA) is 106 Å². The normalized spacial score (nSPS) is 10.5. The van der Waals surface area contributed by atoms with Gasteiger partial charge in [0.15, 0.2) is 18.1 Å². The number of hydrazone groups is 1. The fourth-order valence-electron chi connectivity index (χ4n) is 2.17. The molecular weight excluding hydrogens is 479 g/mol. The number of aliphatic carboxylic acids is 1. The minimum absolute atomic E-state index is 0.351. The molecule has 0 radical (unpaired) electrons. The van der Waals surface area contributed by atoms with Gasteiger partial charge in [-0.1, -0.05) is 0 Å². The maximum absolute atomic E-state index is 12.1. The van der Waals surface area contributed by atoms with Crippen LogP contribution in [0.15, 0.2) is 41.5 Å². The Hall–Kier alpha value is -2.82. The number of carbonyl (C=O) groups excluding carboxylic acids is 1. The highest BCUT2D eigenvalue weighted by Gasteiger charge is 2.13. The van der Waals surface area contributed by atoms with Crippen LogP contribution >= 0.6 is 22.6 Å². The highest BCUT2D eigenvalue weighted by molar-refractivity contribution is 14.1. The van der Waals surface area contributed by atoms with Crippen LogP contribution in [0.3, 0.4) is 0 Å². The van der Waals surface area contributed by atoms with Crippen molar-refractivity contribution in [1.29, 1.82) is 0 Å². The Labute approximate surface area is 175 Å². The molecule has 0 aliphatic rings. The van der Waals surface area contributed by atoms with E-state index in [1.165, 1.54) is 6.21 Å². The van der Waals surface area contributed by atoms with Crippen molar-refractivity contribution in [3.63, 3.8) is 0 Å². The Balaban J connectivity index is 2.11. The van der Waals surface area contributed by atoms with Gasteiger partial charge < -0.3 is 19.3 Å². The van der Waals surface area contributed by atoms with E-state index in [-0.39, 0.29) is 5.91 Å². The van der Waals surface area contributed by atoms with Crippen LogP contribution in [0.4, 0.5) is 0 Å².